The maximum absolute atomic E-state index is 13.2. The van der Waals surface area contributed by atoms with Gasteiger partial charge in [0.1, 0.15) is 24.2 Å². The topological polar surface area (TPSA) is 88.8 Å². The van der Waals surface area contributed by atoms with Gasteiger partial charge in [-0.2, -0.15) is 24.9 Å². The molecule has 0 aliphatic carbocycles. The number of carboxylic acid groups (broad SMARTS) is 1. The molecule has 4 aromatic rings. The first-order valence-corrected chi connectivity index (χ1v) is 14.5. The Morgan fingerprint density at radius 1 is 1.00 bits per heavy atom. The van der Waals surface area contributed by atoms with Crippen LogP contribution in [0.15, 0.2) is 83.3 Å². The van der Waals surface area contributed by atoms with E-state index in [2.05, 4.69) is 5.32 Å². The van der Waals surface area contributed by atoms with Crippen LogP contribution in [0.25, 0.3) is 22.5 Å². The van der Waals surface area contributed by atoms with Crippen LogP contribution in [0.2, 0.25) is 0 Å². The number of thioether (sulfide) groups is 1. The summed E-state index contributed by atoms with van der Waals surface area (Å²) in [5, 5.41) is 12.2. The standard InChI is InChI=1S/C32H30F3NO5S.Li.H/c1-20-6-3-4-9-25(20)27-16-21(10-12-26(27)30(37)36-28(31(38)39)14-15-42-2)18-40-19-24-11-13-29(41-24)22-7-5-8-23(17-22)32(33,34)35;;/h3-13,16-17,28H,14-15,18-19H2,1-2H3,(H,36,37)(H,38,39);;/q;+1;-1/t28-;;/m0../s1. The number of alkyl halides is 3. The van der Waals surface area contributed by atoms with Crippen LogP contribution in [0.1, 0.15) is 40.7 Å². The molecule has 6 nitrogen and oxygen atoms in total. The molecule has 4 rings (SSSR count). The molecule has 0 fully saturated rings. The molecule has 0 saturated carbocycles. The largest absolute Gasteiger partial charge is 1.00 e. The first-order chi connectivity index (χ1) is 20.1. The fourth-order valence-corrected chi connectivity index (χ4v) is 4.91. The molecule has 3 aromatic carbocycles. The summed E-state index contributed by atoms with van der Waals surface area (Å²) in [6, 6.07) is 20.0. The van der Waals surface area contributed by atoms with Gasteiger partial charge in [0.05, 0.1) is 12.2 Å². The Morgan fingerprint density at radius 2 is 1.77 bits per heavy atom. The second-order valence-electron chi connectivity index (χ2n) is 9.68. The maximum atomic E-state index is 13.2. The molecule has 11 heteroatoms. The van der Waals surface area contributed by atoms with Crippen LogP contribution in [-0.4, -0.2) is 35.0 Å². The summed E-state index contributed by atoms with van der Waals surface area (Å²) in [5.74, 6) is -0.229. The van der Waals surface area contributed by atoms with Crippen molar-refractivity contribution in [2.24, 2.45) is 0 Å². The second-order valence-corrected chi connectivity index (χ2v) is 10.7. The van der Waals surface area contributed by atoms with E-state index >= 15 is 0 Å². The zero-order valence-corrected chi connectivity index (χ0v) is 24.9. The Labute approximate surface area is 265 Å². The average molecular weight is 606 g/mol. The van der Waals surface area contributed by atoms with E-state index < -0.39 is 29.7 Å². The predicted octanol–water partition coefficient (Wildman–Crippen LogP) is 4.71. The summed E-state index contributed by atoms with van der Waals surface area (Å²) < 4.78 is 50.8. The van der Waals surface area contributed by atoms with Crippen LogP contribution >= 0.6 is 11.8 Å². The number of amides is 1. The molecule has 1 atom stereocenters. The molecule has 0 saturated heterocycles. The first-order valence-electron chi connectivity index (χ1n) is 13.1. The molecule has 0 aliphatic heterocycles. The van der Waals surface area contributed by atoms with E-state index in [1.807, 2.05) is 43.5 Å². The van der Waals surface area contributed by atoms with Gasteiger partial charge in [0, 0.05) is 11.1 Å². The molecule has 0 aliphatic rings. The minimum atomic E-state index is -4.45. The van der Waals surface area contributed by atoms with E-state index in [1.165, 1.54) is 17.8 Å². The number of benzene rings is 3. The fraction of sp³-hybridized carbons (Fsp3) is 0.250. The van der Waals surface area contributed by atoms with E-state index in [9.17, 15) is 27.9 Å². The molecule has 0 radical (unpaired) electrons. The molecule has 0 spiro atoms. The van der Waals surface area contributed by atoms with Crippen molar-refractivity contribution < 1.29 is 57.3 Å². The number of aliphatic carboxylic acids is 1. The number of ether oxygens (including phenoxy) is 1. The van der Waals surface area contributed by atoms with Crippen LogP contribution < -0.4 is 24.2 Å². The zero-order valence-electron chi connectivity index (χ0n) is 25.0. The number of hydrogen-bond acceptors (Lipinski definition) is 5. The van der Waals surface area contributed by atoms with Gasteiger partial charge in [-0.15, -0.1) is 0 Å². The summed E-state index contributed by atoms with van der Waals surface area (Å²) in [6.45, 7) is 2.18. The summed E-state index contributed by atoms with van der Waals surface area (Å²) in [7, 11) is 0. The minimum absolute atomic E-state index is 0. The molecule has 1 aromatic heterocycles. The summed E-state index contributed by atoms with van der Waals surface area (Å²) >= 11 is 1.51. The number of hydrogen-bond donors (Lipinski definition) is 2. The Balaban J connectivity index is 0.00000337. The number of halogens is 3. The Morgan fingerprint density at radius 3 is 2.47 bits per heavy atom. The van der Waals surface area contributed by atoms with E-state index in [1.54, 1.807) is 30.3 Å². The monoisotopic (exact) mass is 605 g/mol. The van der Waals surface area contributed by atoms with Gasteiger partial charge in [-0.1, -0.05) is 42.5 Å². The van der Waals surface area contributed by atoms with Gasteiger partial charge < -0.3 is 21.0 Å². The van der Waals surface area contributed by atoms with E-state index in [-0.39, 0.29) is 33.5 Å². The van der Waals surface area contributed by atoms with Crippen molar-refractivity contribution in [3.05, 3.63) is 107 Å². The van der Waals surface area contributed by atoms with Crippen molar-refractivity contribution in [2.45, 2.75) is 38.8 Å². The van der Waals surface area contributed by atoms with Crippen molar-refractivity contribution in [2.75, 3.05) is 12.0 Å². The third kappa shape index (κ3) is 9.04. The Bertz CT molecular complexity index is 1560. The van der Waals surface area contributed by atoms with Crippen LogP contribution in [0, 0.1) is 6.92 Å². The number of carbonyl (C=O) groups excluding carboxylic acids is 1. The van der Waals surface area contributed by atoms with Crippen molar-refractivity contribution >= 4 is 23.6 Å². The summed E-state index contributed by atoms with van der Waals surface area (Å²) in [5.41, 5.74) is 3.09. The number of carboxylic acids is 1. The average Bonchev–Trinajstić information content (AvgIpc) is 3.44. The normalized spacial score (nSPS) is 11.9. The Hall–Kier alpha value is -3.42. The van der Waals surface area contributed by atoms with Gasteiger partial charge in [0.2, 0.25) is 0 Å². The van der Waals surface area contributed by atoms with Crippen LogP contribution in [-0.2, 0) is 28.9 Å². The number of rotatable bonds is 12. The molecular weight excluding hydrogens is 574 g/mol. The van der Waals surface area contributed by atoms with E-state index in [0.29, 0.717) is 40.4 Å². The number of nitrogens with one attached hydrogen (secondary N) is 1. The van der Waals surface area contributed by atoms with Crippen molar-refractivity contribution in [3.8, 4) is 22.5 Å². The maximum Gasteiger partial charge on any atom is 1.00 e. The Kier molecular flexibility index (Phi) is 12.2. The number of carbonyl (C=O) groups is 2. The molecule has 1 heterocycles. The molecular formula is C32H31F3LiNO5S. The SMILES string of the molecule is CSCC[C@H](NC(=O)c1ccc(COCc2ccc(-c3cccc(C(F)(F)F)c3)o2)cc1-c1ccccc1C)C(=O)O.[H-].[Li+]. The second kappa shape index (κ2) is 15.3. The number of furan rings is 1. The molecule has 0 bridgehead atoms. The fourth-order valence-electron chi connectivity index (χ4n) is 4.44. The molecule has 222 valence electrons. The van der Waals surface area contributed by atoms with E-state index in [4.69, 9.17) is 9.15 Å². The molecule has 43 heavy (non-hydrogen) atoms. The van der Waals surface area contributed by atoms with Gasteiger partial charge in [-0.3, -0.25) is 4.79 Å². The van der Waals surface area contributed by atoms with Crippen LogP contribution in [0.3, 0.4) is 0 Å². The zero-order chi connectivity index (χ0) is 30.3. The smallest absolute Gasteiger partial charge is 1.00 e. The van der Waals surface area contributed by atoms with Crippen molar-refractivity contribution in [3.63, 3.8) is 0 Å². The minimum Gasteiger partial charge on any atom is -1.00 e. The first kappa shape index (κ1) is 34.1. The quantitative estimate of drug-likeness (QED) is 0.228. The van der Waals surface area contributed by atoms with Crippen LogP contribution in [0.4, 0.5) is 13.2 Å². The summed E-state index contributed by atoms with van der Waals surface area (Å²) in [6.07, 6.45) is -2.27. The third-order valence-corrected chi connectivity index (χ3v) is 7.27. The van der Waals surface area contributed by atoms with Gasteiger partial charge in [-0.25, -0.2) is 4.79 Å². The van der Waals surface area contributed by atoms with Gasteiger partial charge in [0.15, 0.2) is 0 Å². The van der Waals surface area contributed by atoms with Gasteiger partial charge in [0.25, 0.3) is 5.91 Å². The predicted molar refractivity (Wildman–Crippen MR) is 157 cm³/mol. The van der Waals surface area contributed by atoms with Crippen molar-refractivity contribution in [1.82, 2.24) is 5.32 Å². The summed E-state index contributed by atoms with van der Waals surface area (Å²) in [4.78, 5) is 25.0. The molecule has 2 N–H and O–H groups in total. The molecule has 0 unspecified atom stereocenters. The van der Waals surface area contributed by atoms with Crippen LogP contribution in [0.5, 0.6) is 0 Å². The molecule has 1 amide bonds. The van der Waals surface area contributed by atoms with Crippen molar-refractivity contribution in [1.29, 1.82) is 0 Å². The van der Waals surface area contributed by atoms with E-state index in [0.717, 1.165) is 28.8 Å². The van der Waals surface area contributed by atoms with Gasteiger partial charge >= 0.3 is 31.0 Å². The third-order valence-electron chi connectivity index (χ3n) is 6.63. The van der Waals surface area contributed by atoms with Gasteiger partial charge in [-0.05, 0) is 84.0 Å². The number of aryl methyl sites for hydroxylation is 1.